The third kappa shape index (κ3) is 3.07. The largest absolute Gasteiger partial charge is 0.496 e. The van der Waals surface area contributed by atoms with Crippen molar-refractivity contribution in [3.63, 3.8) is 0 Å². The van der Waals surface area contributed by atoms with Gasteiger partial charge >= 0.3 is 0 Å². The molecule has 0 spiro atoms. The van der Waals surface area contributed by atoms with E-state index in [0.29, 0.717) is 17.9 Å². The van der Waals surface area contributed by atoms with Gasteiger partial charge in [-0.3, -0.25) is 4.79 Å². The lowest BCUT2D eigenvalue weighted by Crippen LogP contribution is -2.40. The number of methoxy groups -OCH3 is 1. The van der Waals surface area contributed by atoms with Gasteiger partial charge in [0, 0.05) is 18.5 Å². The smallest absolute Gasteiger partial charge is 0.225 e. The van der Waals surface area contributed by atoms with E-state index in [1.165, 1.54) is 18.4 Å². The predicted octanol–water partition coefficient (Wildman–Crippen LogP) is 3.42. The zero-order chi connectivity index (χ0) is 14.7. The highest BCUT2D eigenvalue weighted by Crippen LogP contribution is 2.31. The molecule has 1 aliphatic heterocycles. The van der Waals surface area contributed by atoms with Crippen molar-refractivity contribution in [1.82, 2.24) is 4.90 Å². The molecule has 1 heterocycles. The lowest BCUT2D eigenvalue weighted by Gasteiger charge is -2.28. The highest BCUT2D eigenvalue weighted by Gasteiger charge is 2.34. The number of rotatable bonds is 4. The SMILES string of the molecule is COc1ccccc1CC1CCCN1C(=O)C1CCCC1. The number of carbonyl (C=O) groups excluding carboxylic acids is 1. The van der Waals surface area contributed by atoms with Crippen LogP contribution in [-0.2, 0) is 11.2 Å². The number of likely N-dealkylation sites (tertiary alicyclic amines) is 1. The van der Waals surface area contributed by atoms with Crippen LogP contribution in [0.5, 0.6) is 5.75 Å². The average Bonchev–Trinajstić information content (AvgIpc) is 3.18. The van der Waals surface area contributed by atoms with Crippen LogP contribution in [0.15, 0.2) is 24.3 Å². The molecule has 0 aromatic heterocycles. The molecule has 2 fully saturated rings. The topological polar surface area (TPSA) is 29.5 Å². The number of amides is 1. The fourth-order valence-corrected chi connectivity index (χ4v) is 3.87. The fourth-order valence-electron chi connectivity index (χ4n) is 3.87. The Morgan fingerprint density at radius 2 is 1.95 bits per heavy atom. The van der Waals surface area contributed by atoms with Crippen LogP contribution >= 0.6 is 0 Å². The molecule has 0 radical (unpaired) electrons. The molecule has 3 heteroatoms. The predicted molar refractivity (Wildman–Crippen MR) is 83.4 cm³/mol. The Balaban J connectivity index is 1.70. The summed E-state index contributed by atoms with van der Waals surface area (Å²) in [6, 6.07) is 8.53. The van der Waals surface area contributed by atoms with Gasteiger partial charge in [-0.1, -0.05) is 31.0 Å². The summed E-state index contributed by atoms with van der Waals surface area (Å²) in [5.41, 5.74) is 1.22. The van der Waals surface area contributed by atoms with Gasteiger partial charge in [-0.05, 0) is 43.7 Å². The molecule has 2 aliphatic rings. The van der Waals surface area contributed by atoms with E-state index in [4.69, 9.17) is 4.74 Å². The monoisotopic (exact) mass is 287 g/mol. The van der Waals surface area contributed by atoms with E-state index in [1.807, 2.05) is 12.1 Å². The van der Waals surface area contributed by atoms with Gasteiger partial charge < -0.3 is 9.64 Å². The number of para-hydroxylation sites is 1. The van der Waals surface area contributed by atoms with E-state index < -0.39 is 0 Å². The van der Waals surface area contributed by atoms with Crippen molar-refractivity contribution < 1.29 is 9.53 Å². The van der Waals surface area contributed by atoms with Gasteiger partial charge in [0.1, 0.15) is 5.75 Å². The van der Waals surface area contributed by atoms with Crippen molar-refractivity contribution >= 4 is 5.91 Å². The van der Waals surface area contributed by atoms with Gasteiger partial charge in [-0.2, -0.15) is 0 Å². The molecule has 1 saturated heterocycles. The Morgan fingerprint density at radius 3 is 2.71 bits per heavy atom. The Kier molecular flexibility index (Phi) is 4.47. The van der Waals surface area contributed by atoms with Crippen LogP contribution in [0, 0.1) is 5.92 Å². The van der Waals surface area contributed by atoms with Crippen molar-refractivity contribution in [3.8, 4) is 5.75 Å². The molecule has 1 atom stereocenters. The van der Waals surface area contributed by atoms with Crippen molar-refractivity contribution in [2.45, 2.75) is 51.0 Å². The lowest BCUT2D eigenvalue weighted by molar-refractivity contribution is -0.136. The number of benzene rings is 1. The Hall–Kier alpha value is -1.51. The van der Waals surface area contributed by atoms with Crippen LogP contribution in [0.4, 0.5) is 0 Å². The highest BCUT2D eigenvalue weighted by molar-refractivity contribution is 5.79. The van der Waals surface area contributed by atoms with E-state index in [9.17, 15) is 4.79 Å². The summed E-state index contributed by atoms with van der Waals surface area (Å²) in [6.45, 7) is 0.940. The van der Waals surface area contributed by atoms with Crippen LogP contribution in [0.25, 0.3) is 0 Å². The van der Waals surface area contributed by atoms with Gasteiger partial charge in [0.2, 0.25) is 5.91 Å². The Labute approximate surface area is 127 Å². The second kappa shape index (κ2) is 6.50. The Bertz CT molecular complexity index is 494. The Morgan fingerprint density at radius 1 is 1.19 bits per heavy atom. The number of hydrogen-bond donors (Lipinski definition) is 0. The molecule has 1 aliphatic carbocycles. The first-order valence-corrected chi connectivity index (χ1v) is 8.22. The van der Waals surface area contributed by atoms with Crippen LogP contribution < -0.4 is 4.74 Å². The summed E-state index contributed by atoms with van der Waals surface area (Å²) in [5, 5.41) is 0. The first-order valence-electron chi connectivity index (χ1n) is 8.22. The fraction of sp³-hybridized carbons (Fsp3) is 0.611. The van der Waals surface area contributed by atoms with Gasteiger partial charge in [-0.25, -0.2) is 0 Å². The van der Waals surface area contributed by atoms with Gasteiger partial charge in [0.15, 0.2) is 0 Å². The normalized spacial score (nSPS) is 22.7. The minimum absolute atomic E-state index is 0.295. The molecule has 0 N–H and O–H groups in total. The zero-order valence-corrected chi connectivity index (χ0v) is 12.9. The van der Waals surface area contributed by atoms with Crippen LogP contribution in [0.1, 0.15) is 44.1 Å². The number of ether oxygens (including phenoxy) is 1. The first kappa shape index (κ1) is 14.4. The van der Waals surface area contributed by atoms with E-state index in [1.54, 1.807) is 7.11 Å². The van der Waals surface area contributed by atoms with Crippen molar-refractivity contribution in [2.24, 2.45) is 5.92 Å². The summed E-state index contributed by atoms with van der Waals surface area (Å²) < 4.78 is 5.45. The minimum Gasteiger partial charge on any atom is -0.496 e. The molecule has 1 amide bonds. The van der Waals surface area contributed by atoms with E-state index in [0.717, 1.165) is 44.4 Å². The molecule has 3 rings (SSSR count). The maximum absolute atomic E-state index is 12.7. The maximum Gasteiger partial charge on any atom is 0.225 e. The lowest BCUT2D eigenvalue weighted by atomic mass is 10.0. The molecule has 21 heavy (non-hydrogen) atoms. The second-order valence-corrected chi connectivity index (χ2v) is 6.33. The summed E-state index contributed by atoms with van der Waals surface area (Å²) in [7, 11) is 1.72. The first-order chi connectivity index (χ1) is 10.3. The highest BCUT2D eigenvalue weighted by atomic mass is 16.5. The minimum atomic E-state index is 0.295. The maximum atomic E-state index is 12.7. The molecular formula is C18H25NO2. The summed E-state index contributed by atoms with van der Waals surface area (Å²) >= 11 is 0. The number of nitrogens with zero attached hydrogens (tertiary/aromatic N) is 1. The molecular weight excluding hydrogens is 262 g/mol. The summed E-state index contributed by atoms with van der Waals surface area (Å²) in [5.74, 6) is 1.64. The van der Waals surface area contributed by atoms with E-state index in [2.05, 4.69) is 17.0 Å². The number of hydrogen-bond acceptors (Lipinski definition) is 2. The average molecular weight is 287 g/mol. The van der Waals surface area contributed by atoms with Crippen molar-refractivity contribution in [3.05, 3.63) is 29.8 Å². The quantitative estimate of drug-likeness (QED) is 0.849. The molecule has 114 valence electrons. The molecule has 1 saturated carbocycles. The standard InChI is InChI=1S/C18H25NO2/c1-21-17-11-5-4-9-15(17)13-16-10-6-12-19(16)18(20)14-7-2-3-8-14/h4-5,9,11,14,16H,2-3,6-8,10,12-13H2,1H3. The van der Waals surface area contributed by atoms with E-state index >= 15 is 0 Å². The second-order valence-electron chi connectivity index (χ2n) is 6.33. The van der Waals surface area contributed by atoms with Crippen molar-refractivity contribution in [1.29, 1.82) is 0 Å². The third-order valence-corrected chi connectivity index (χ3v) is 5.01. The number of carbonyl (C=O) groups is 1. The van der Waals surface area contributed by atoms with Crippen LogP contribution in [-0.4, -0.2) is 30.5 Å². The third-order valence-electron chi connectivity index (χ3n) is 5.01. The van der Waals surface area contributed by atoms with Gasteiger partial charge in [0.05, 0.1) is 7.11 Å². The summed E-state index contributed by atoms with van der Waals surface area (Å²) in [4.78, 5) is 14.9. The molecule has 0 bridgehead atoms. The van der Waals surface area contributed by atoms with E-state index in [-0.39, 0.29) is 0 Å². The van der Waals surface area contributed by atoms with Crippen molar-refractivity contribution in [2.75, 3.05) is 13.7 Å². The molecule has 1 aromatic carbocycles. The zero-order valence-electron chi connectivity index (χ0n) is 12.9. The van der Waals surface area contributed by atoms with Crippen LogP contribution in [0.3, 0.4) is 0 Å². The van der Waals surface area contributed by atoms with Gasteiger partial charge in [-0.15, -0.1) is 0 Å². The van der Waals surface area contributed by atoms with Crippen LogP contribution in [0.2, 0.25) is 0 Å². The van der Waals surface area contributed by atoms with Gasteiger partial charge in [0.25, 0.3) is 0 Å². The summed E-state index contributed by atoms with van der Waals surface area (Å²) in [6.07, 6.45) is 7.81. The molecule has 1 unspecified atom stereocenters. The molecule has 3 nitrogen and oxygen atoms in total. The molecule has 1 aromatic rings.